The zero-order chi connectivity index (χ0) is 11.6. The standard InChI is InChI=1S/C10H17N3O2S/c1-13(9-12-6-8(11)16-9)7-10(14)2-4-15-5-3-10/h6,14H,2-5,7,11H2,1H3. The van der Waals surface area contributed by atoms with Crippen LogP contribution in [0, 0.1) is 0 Å². The van der Waals surface area contributed by atoms with Gasteiger partial charge >= 0.3 is 0 Å². The molecule has 0 atom stereocenters. The molecule has 0 amide bonds. The summed E-state index contributed by atoms with van der Waals surface area (Å²) in [6.07, 6.45) is 3.00. The lowest BCUT2D eigenvalue weighted by Crippen LogP contribution is -2.45. The number of rotatable bonds is 3. The molecule has 0 saturated carbocycles. The smallest absolute Gasteiger partial charge is 0.187 e. The van der Waals surface area contributed by atoms with E-state index in [2.05, 4.69) is 4.98 Å². The van der Waals surface area contributed by atoms with Gasteiger partial charge in [0.1, 0.15) is 5.00 Å². The fourth-order valence-corrected chi connectivity index (χ4v) is 2.51. The largest absolute Gasteiger partial charge is 0.389 e. The maximum atomic E-state index is 10.3. The lowest BCUT2D eigenvalue weighted by Gasteiger charge is -2.35. The summed E-state index contributed by atoms with van der Waals surface area (Å²) in [5.41, 5.74) is 4.97. The Labute approximate surface area is 98.8 Å². The molecule has 1 fully saturated rings. The maximum Gasteiger partial charge on any atom is 0.187 e. The Morgan fingerprint density at radius 2 is 2.31 bits per heavy atom. The van der Waals surface area contributed by atoms with Crippen molar-refractivity contribution < 1.29 is 9.84 Å². The van der Waals surface area contributed by atoms with Crippen LogP contribution in [-0.4, -0.2) is 42.5 Å². The number of nitrogen functional groups attached to an aromatic ring is 1. The second kappa shape index (κ2) is 4.57. The van der Waals surface area contributed by atoms with E-state index in [1.54, 1.807) is 6.20 Å². The van der Waals surface area contributed by atoms with Gasteiger partial charge in [0.2, 0.25) is 0 Å². The molecule has 3 N–H and O–H groups in total. The van der Waals surface area contributed by atoms with Crippen molar-refractivity contribution in [1.29, 1.82) is 0 Å². The molecule has 0 unspecified atom stereocenters. The number of aromatic nitrogens is 1. The average molecular weight is 243 g/mol. The molecule has 0 bridgehead atoms. The summed E-state index contributed by atoms with van der Waals surface area (Å²) in [4.78, 5) is 6.14. The molecule has 6 heteroatoms. The van der Waals surface area contributed by atoms with Crippen molar-refractivity contribution in [3.8, 4) is 0 Å². The van der Waals surface area contributed by atoms with E-state index in [0.29, 0.717) is 37.6 Å². The molecule has 5 nitrogen and oxygen atoms in total. The van der Waals surface area contributed by atoms with Crippen LogP contribution in [0.15, 0.2) is 6.20 Å². The van der Waals surface area contributed by atoms with E-state index >= 15 is 0 Å². The van der Waals surface area contributed by atoms with Crippen LogP contribution in [0.25, 0.3) is 0 Å². The Morgan fingerprint density at radius 3 is 2.88 bits per heavy atom. The topological polar surface area (TPSA) is 71.6 Å². The summed E-state index contributed by atoms with van der Waals surface area (Å²) in [5.74, 6) is 0. The molecule has 1 aromatic rings. The van der Waals surface area contributed by atoms with E-state index in [4.69, 9.17) is 10.5 Å². The number of likely N-dealkylation sites (N-methyl/N-ethyl adjacent to an activating group) is 1. The lowest BCUT2D eigenvalue weighted by atomic mass is 9.94. The Hall–Kier alpha value is -0.850. The van der Waals surface area contributed by atoms with Crippen LogP contribution in [0.4, 0.5) is 10.1 Å². The molecule has 1 aliphatic heterocycles. The molecular weight excluding hydrogens is 226 g/mol. The normalized spacial score (nSPS) is 19.6. The SMILES string of the molecule is CN(CC1(O)CCOCC1)c1ncc(N)s1. The van der Waals surface area contributed by atoms with Crippen LogP contribution < -0.4 is 10.6 Å². The molecule has 0 aliphatic carbocycles. The molecule has 0 aromatic carbocycles. The van der Waals surface area contributed by atoms with E-state index in [1.807, 2.05) is 11.9 Å². The summed E-state index contributed by atoms with van der Waals surface area (Å²) in [5, 5.41) is 11.9. The highest BCUT2D eigenvalue weighted by atomic mass is 32.1. The number of hydrogen-bond donors (Lipinski definition) is 2. The van der Waals surface area contributed by atoms with Crippen LogP contribution in [0.3, 0.4) is 0 Å². The predicted molar refractivity (Wildman–Crippen MR) is 64.8 cm³/mol. The van der Waals surface area contributed by atoms with Gasteiger partial charge < -0.3 is 20.5 Å². The van der Waals surface area contributed by atoms with E-state index in [9.17, 15) is 5.11 Å². The van der Waals surface area contributed by atoms with Crippen molar-refractivity contribution in [1.82, 2.24) is 4.98 Å². The number of nitrogens with zero attached hydrogens (tertiary/aromatic N) is 2. The van der Waals surface area contributed by atoms with E-state index < -0.39 is 5.60 Å². The van der Waals surface area contributed by atoms with Crippen LogP contribution in [0.1, 0.15) is 12.8 Å². The van der Waals surface area contributed by atoms with Gasteiger partial charge in [-0.05, 0) is 0 Å². The van der Waals surface area contributed by atoms with Crippen molar-refractivity contribution in [3.05, 3.63) is 6.20 Å². The molecule has 16 heavy (non-hydrogen) atoms. The second-order valence-electron chi connectivity index (χ2n) is 4.24. The first-order valence-corrected chi connectivity index (χ1v) is 6.13. The number of thiazole rings is 1. The fraction of sp³-hybridized carbons (Fsp3) is 0.700. The van der Waals surface area contributed by atoms with Gasteiger partial charge in [-0.1, -0.05) is 11.3 Å². The number of ether oxygens (including phenoxy) is 1. The summed E-state index contributed by atoms with van der Waals surface area (Å²) < 4.78 is 5.24. The van der Waals surface area contributed by atoms with Gasteiger partial charge in [0.05, 0.1) is 11.8 Å². The van der Waals surface area contributed by atoms with Crippen molar-refractivity contribution in [2.45, 2.75) is 18.4 Å². The Kier molecular flexibility index (Phi) is 3.32. The highest BCUT2D eigenvalue weighted by Crippen LogP contribution is 2.27. The monoisotopic (exact) mass is 243 g/mol. The van der Waals surface area contributed by atoms with E-state index in [1.165, 1.54) is 11.3 Å². The summed E-state index contributed by atoms with van der Waals surface area (Å²) in [7, 11) is 1.92. The number of hydrogen-bond acceptors (Lipinski definition) is 6. The zero-order valence-corrected chi connectivity index (χ0v) is 10.2. The molecule has 1 saturated heterocycles. The summed E-state index contributed by atoms with van der Waals surface area (Å²) in [6.45, 7) is 1.83. The van der Waals surface area contributed by atoms with Gasteiger partial charge in [-0.2, -0.15) is 0 Å². The molecule has 0 spiro atoms. The van der Waals surface area contributed by atoms with E-state index in [0.717, 1.165) is 5.13 Å². The van der Waals surface area contributed by atoms with Gasteiger partial charge in [0, 0.05) is 39.6 Å². The molecule has 1 aromatic heterocycles. The first kappa shape index (κ1) is 11.6. The number of anilines is 2. The fourth-order valence-electron chi connectivity index (χ4n) is 1.87. The van der Waals surface area contributed by atoms with Gasteiger partial charge in [0.15, 0.2) is 5.13 Å². The minimum Gasteiger partial charge on any atom is -0.389 e. The average Bonchev–Trinajstić information content (AvgIpc) is 2.65. The van der Waals surface area contributed by atoms with Crippen molar-refractivity contribution in [2.75, 3.05) is 37.4 Å². The van der Waals surface area contributed by atoms with Crippen LogP contribution in [0.5, 0.6) is 0 Å². The minimum absolute atomic E-state index is 0.573. The van der Waals surface area contributed by atoms with Crippen molar-refractivity contribution in [3.63, 3.8) is 0 Å². The molecule has 1 aliphatic rings. The number of nitrogens with two attached hydrogens (primary N) is 1. The predicted octanol–water partition coefficient (Wildman–Crippen LogP) is 0.703. The van der Waals surface area contributed by atoms with Gasteiger partial charge in [0.25, 0.3) is 0 Å². The van der Waals surface area contributed by atoms with Gasteiger partial charge in [-0.15, -0.1) is 0 Å². The van der Waals surface area contributed by atoms with Crippen molar-refractivity contribution in [2.24, 2.45) is 0 Å². The Bertz CT molecular complexity index is 350. The summed E-state index contributed by atoms with van der Waals surface area (Å²) >= 11 is 1.43. The highest BCUT2D eigenvalue weighted by molar-refractivity contribution is 7.19. The Balaban J connectivity index is 1.98. The molecular formula is C10H17N3O2S. The van der Waals surface area contributed by atoms with Gasteiger partial charge in [-0.25, -0.2) is 4.98 Å². The van der Waals surface area contributed by atoms with Crippen LogP contribution in [0.2, 0.25) is 0 Å². The number of aliphatic hydroxyl groups is 1. The van der Waals surface area contributed by atoms with Crippen LogP contribution in [-0.2, 0) is 4.74 Å². The van der Waals surface area contributed by atoms with E-state index in [-0.39, 0.29) is 0 Å². The third-order valence-corrected chi connectivity index (χ3v) is 3.73. The molecule has 90 valence electrons. The maximum absolute atomic E-state index is 10.3. The zero-order valence-electron chi connectivity index (χ0n) is 9.35. The third-order valence-electron chi connectivity index (χ3n) is 2.79. The van der Waals surface area contributed by atoms with Gasteiger partial charge in [-0.3, -0.25) is 0 Å². The summed E-state index contributed by atoms with van der Waals surface area (Å²) in [6, 6.07) is 0. The molecule has 2 rings (SSSR count). The third kappa shape index (κ3) is 2.63. The second-order valence-corrected chi connectivity index (χ2v) is 5.28. The first-order chi connectivity index (χ1) is 7.59. The minimum atomic E-state index is -0.659. The van der Waals surface area contributed by atoms with Crippen LogP contribution >= 0.6 is 11.3 Å². The molecule has 0 radical (unpaired) electrons. The molecule has 2 heterocycles. The first-order valence-electron chi connectivity index (χ1n) is 5.32. The quantitative estimate of drug-likeness (QED) is 0.818. The van der Waals surface area contributed by atoms with Crippen molar-refractivity contribution >= 4 is 21.5 Å². The Morgan fingerprint density at radius 1 is 1.62 bits per heavy atom. The lowest BCUT2D eigenvalue weighted by molar-refractivity contribution is -0.0572. The highest BCUT2D eigenvalue weighted by Gasteiger charge is 2.31.